The number of halogens is 1. The first-order valence-electron chi connectivity index (χ1n) is 7.91. The molecule has 138 valence electrons. The molecule has 1 rings (SSSR count). The summed E-state index contributed by atoms with van der Waals surface area (Å²) >= 11 is 0. The van der Waals surface area contributed by atoms with Gasteiger partial charge in [0.15, 0.2) is 0 Å². The van der Waals surface area contributed by atoms with Gasteiger partial charge in [0.2, 0.25) is 5.91 Å². The lowest BCUT2D eigenvalue weighted by molar-refractivity contribution is -0.123. The van der Waals surface area contributed by atoms with E-state index in [1.165, 1.54) is 0 Å². The van der Waals surface area contributed by atoms with E-state index in [0.29, 0.717) is 36.8 Å². The molecule has 0 aliphatic rings. The molecule has 0 saturated carbocycles. The van der Waals surface area contributed by atoms with Gasteiger partial charge in [0.05, 0.1) is 26.9 Å². The van der Waals surface area contributed by atoms with Crippen molar-refractivity contribution in [2.75, 3.05) is 27.4 Å². The van der Waals surface area contributed by atoms with E-state index in [2.05, 4.69) is 5.32 Å². The largest absolute Gasteiger partial charge is 0.496 e. The highest BCUT2D eigenvalue weighted by Gasteiger charge is 2.18. The van der Waals surface area contributed by atoms with Crippen molar-refractivity contribution >= 4 is 18.3 Å². The molecule has 0 spiro atoms. The van der Waals surface area contributed by atoms with Crippen LogP contribution >= 0.6 is 12.4 Å². The zero-order valence-electron chi connectivity index (χ0n) is 14.8. The molecule has 0 fully saturated rings. The van der Waals surface area contributed by atoms with Gasteiger partial charge in [-0.2, -0.15) is 0 Å². The van der Waals surface area contributed by atoms with E-state index in [9.17, 15) is 4.79 Å². The average molecular weight is 361 g/mol. The summed E-state index contributed by atoms with van der Waals surface area (Å²) in [6.45, 7) is 5.01. The van der Waals surface area contributed by atoms with Crippen molar-refractivity contribution in [2.24, 2.45) is 11.7 Å². The monoisotopic (exact) mass is 360 g/mol. The minimum Gasteiger partial charge on any atom is -0.496 e. The van der Waals surface area contributed by atoms with Crippen LogP contribution in [-0.4, -0.2) is 39.3 Å². The molecular weight excluding hydrogens is 332 g/mol. The van der Waals surface area contributed by atoms with Gasteiger partial charge in [-0.15, -0.1) is 12.4 Å². The lowest BCUT2D eigenvalue weighted by Gasteiger charge is -2.17. The van der Waals surface area contributed by atoms with Gasteiger partial charge in [0.1, 0.15) is 17.2 Å². The number of carbonyl (C=O) groups excluding carboxylic acids is 1. The Balaban J connectivity index is 0.00000529. The van der Waals surface area contributed by atoms with E-state index in [-0.39, 0.29) is 24.2 Å². The number of hydrogen-bond acceptors (Lipinski definition) is 5. The number of nitrogens with two attached hydrogens (primary N) is 1. The summed E-state index contributed by atoms with van der Waals surface area (Å²) in [4.78, 5) is 11.8. The van der Waals surface area contributed by atoms with Crippen molar-refractivity contribution < 1.29 is 19.0 Å². The molecule has 6 nitrogen and oxygen atoms in total. The molecule has 3 N–H and O–H groups in total. The quantitative estimate of drug-likeness (QED) is 0.626. The Bertz CT molecular complexity index is 477. The fourth-order valence-electron chi connectivity index (χ4n) is 1.97. The van der Waals surface area contributed by atoms with Gasteiger partial charge >= 0.3 is 0 Å². The summed E-state index contributed by atoms with van der Waals surface area (Å²) in [6.07, 6.45) is 1.58. The molecule has 0 aliphatic carbocycles. The number of rotatable bonds is 10. The summed E-state index contributed by atoms with van der Waals surface area (Å²) in [5.74, 6) is 2.08. The number of ether oxygens (including phenoxy) is 3. The third-order valence-electron chi connectivity index (χ3n) is 3.77. The Kier molecular flexibility index (Phi) is 11.0. The molecule has 7 heteroatoms. The van der Waals surface area contributed by atoms with Crippen molar-refractivity contribution in [1.82, 2.24) is 5.32 Å². The van der Waals surface area contributed by atoms with Crippen LogP contribution in [0.4, 0.5) is 0 Å². The van der Waals surface area contributed by atoms with Crippen molar-refractivity contribution in [1.29, 1.82) is 0 Å². The van der Waals surface area contributed by atoms with Crippen LogP contribution < -0.4 is 25.3 Å². The second-order valence-electron chi connectivity index (χ2n) is 5.45. The second-order valence-corrected chi connectivity index (χ2v) is 5.45. The van der Waals surface area contributed by atoms with Gasteiger partial charge in [-0.25, -0.2) is 0 Å². The van der Waals surface area contributed by atoms with E-state index in [4.69, 9.17) is 19.9 Å². The highest BCUT2D eigenvalue weighted by Crippen LogP contribution is 2.27. The standard InChI is InChI=1S/C17H28N2O4.ClH/c1-5-12(2)16(18)17(20)19-7-6-8-23-15-10-13(21-3)9-14(11-15)22-4;/h9-12,16H,5-8,18H2,1-4H3,(H,19,20);1H. The molecule has 0 aliphatic heterocycles. The van der Waals surface area contributed by atoms with Crippen LogP contribution in [0, 0.1) is 5.92 Å². The lowest BCUT2D eigenvalue weighted by atomic mass is 9.99. The first-order valence-corrected chi connectivity index (χ1v) is 7.91. The number of carbonyl (C=O) groups is 1. The minimum absolute atomic E-state index is 0. The molecule has 0 saturated heterocycles. The predicted molar refractivity (Wildman–Crippen MR) is 97.3 cm³/mol. The summed E-state index contributed by atoms with van der Waals surface area (Å²) in [6, 6.07) is 4.91. The van der Waals surface area contributed by atoms with Crippen LogP contribution in [0.5, 0.6) is 17.2 Å². The third kappa shape index (κ3) is 7.27. The van der Waals surface area contributed by atoms with E-state index in [1.54, 1.807) is 32.4 Å². The lowest BCUT2D eigenvalue weighted by Crippen LogP contribution is -2.45. The van der Waals surface area contributed by atoms with Crippen molar-refractivity contribution in [2.45, 2.75) is 32.7 Å². The number of hydrogen-bond donors (Lipinski definition) is 2. The molecule has 1 amide bonds. The topological polar surface area (TPSA) is 82.8 Å². The zero-order valence-corrected chi connectivity index (χ0v) is 15.7. The van der Waals surface area contributed by atoms with Crippen molar-refractivity contribution in [3.8, 4) is 17.2 Å². The van der Waals surface area contributed by atoms with Gasteiger partial charge in [-0.1, -0.05) is 20.3 Å². The van der Waals surface area contributed by atoms with Crippen LogP contribution in [0.15, 0.2) is 18.2 Å². The number of methoxy groups -OCH3 is 2. The predicted octanol–water partition coefficient (Wildman–Crippen LogP) is 2.38. The first-order chi connectivity index (χ1) is 11.0. The maximum atomic E-state index is 11.8. The molecule has 0 heterocycles. The van der Waals surface area contributed by atoms with Gasteiger partial charge in [-0.05, 0) is 12.3 Å². The molecule has 24 heavy (non-hydrogen) atoms. The summed E-state index contributed by atoms with van der Waals surface area (Å²) in [5.41, 5.74) is 5.87. The van der Waals surface area contributed by atoms with E-state index in [1.807, 2.05) is 13.8 Å². The van der Waals surface area contributed by atoms with Gasteiger partial charge in [0.25, 0.3) is 0 Å². The van der Waals surface area contributed by atoms with Crippen LogP contribution in [0.1, 0.15) is 26.7 Å². The molecule has 2 unspecified atom stereocenters. The SMILES string of the molecule is CCC(C)C(N)C(=O)NCCCOc1cc(OC)cc(OC)c1.Cl. The molecule has 1 aromatic rings. The second kappa shape index (κ2) is 11.8. The fourth-order valence-corrected chi connectivity index (χ4v) is 1.97. The van der Waals surface area contributed by atoms with E-state index < -0.39 is 6.04 Å². The molecule has 0 aromatic heterocycles. The smallest absolute Gasteiger partial charge is 0.237 e. The van der Waals surface area contributed by atoms with Crippen molar-refractivity contribution in [3.63, 3.8) is 0 Å². The average Bonchev–Trinajstić information content (AvgIpc) is 2.59. The highest BCUT2D eigenvalue weighted by atomic mass is 35.5. The van der Waals surface area contributed by atoms with E-state index in [0.717, 1.165) is 6.42 Å². The van der Waals surface area contributed by atoms with Crippen LogP contribution in [0.2, 0.25) is 0 Å². The van der Waals surface area contributed by atoms with Crippen LogP contribution in [-0.2, 0) is 4.79 Å². The first kappa shape index (κ1) is 22.3. The Hall–Kier alpha value is -1.66. The van der Waals surface area contributed by atoms with Crippen LogP contribution in [0.25, 0.3) is 0 Å². The molecule has 2 atom stereocenters. The maximum Gasteiger partial charge on any atom is 0.237 e. The molecule has 1 aromatic carbocycles. The number of amides is 1. The summed E-state index contributed by atoms with van der Waals surface area (Å²) < 4.78 is 16.0. The Morgan fingerprint density at radius 1 is 1.17 bits per heavy atom. The Labute approximate surface area is 150 Å². The minimum atomic E-state index is -0.455. The molecular formula is C17H29ClN2O4. The van der Waals surface area contributed by atoms with Gasteiger partial charge < -0.3 is 25.3 Å². The van der Waals surface area contributed by atoms with Gasteiger partial charge in [-0.3, -0.25) is 4.79 Å². The van der Waals surface area contributed by atoms with Crippen LogP contribution in [0.3, 0.4) is 0 Å². The number of benzene rings is 1. The van der Waals surface area contributed by atoms with Gasteiger partial charge in [0, 0.05) is 24.7 Å². The molecule has 0 radical (unpaired) electrons. The Morgan fingerprint density at radius 3 is 2.21 bits per heavy atom. The van der Waals surface area contributed by atoms with Crippen molar-refractivity contribution in [3.05, 3.63) is 18.2 Å². The Morgan fingerprint density at radius 2 is 1.71 bits per heavy atom. The normalized spacial score (nSPS) is 12.5. The molecule has 0 bridgehead atoms. The number of nitrogens with one attached hydrogen (secondary N) is 1. The summed E-state index contributed by atoms with van der Waals surface area (Å²) in [5, 5.41) is 2.84. The fraction of sp³-hybridized carbons (Fsp3) is 0.588. The highest BCUT2D eigenvalue weighted by molar-refractivity contribution is 5.85. The maximum absolute atomic E-state index is 11.8. The van der Waals surface area contributed by atoms with E-state index >= 15 is 0 Å². The zero-order chi connectivity index (χ0) is 17.2. The third-order valence-corrected chi connectivity index (χ3v) is 3.77. The summed E-state index contributed by atoms with van der Waals surface area (Å²) in [7, 11) is 3.18.